The summed E-state index contributed by atoms with van der Waals surface area (Å²) in [5, 5.41) is 3.15. The van der Waals surface area contributed by atoms with E-state index in [9.17, 15) is 14.4 Å². The van der Waals surface area contributed by atoms with Gasteiger partial charge in [0.05, 0.1) is 11.1 Å². The molecule has 3 N–H and O–H groups in total. The van der Waals surface area contributed by atoms with Gasteiger partial charge in [0, 0.05) is 4.88 Å². The first-order chi connectivity index (χ1) is 15.5. The highest BCUT2D eigenvalue weighted by molar-refractivity contribution is 7.17. The number of fused-ring (bicyclic) bond motifs is 1. The van der Waals surface area contributed by atoms with E-state index in [1.165, 1.54) is 11.3 Å². The van der Waals surface area contributed by atoms with E-state index < -0.39 is 24.4 Å². The Morgan fingerprint density at radius 1 is 0.969 bits per heavy atom. The Bertz CT molecular complexity index is 1150. The molecule has 0 aliphatic heterocycles. The number of amides is 2. The summed E-state index contributed by atoms with van der Waals surface area (Å²) in [6.07, 6.45) is 4.30. The lowest BCUT2D eigenvalue weighted by atomic mass is 9.95. The molecule has 3 aromatic rings. The van der Waals surface area contributed by atoms with Crippen molar-refractivity contribution in [3.05, 3.63) is 87.3 Å². The van der Waals surface area contributed by atoms with Gasteiger partial charge in [0.2, 0.25) is 0 Å². The van der Waals surface area contributed by atoms with E-state index in [0.29, 0.717) is 22.5 Å². The average molecular weight is 449 g/mol. The maximum Gasteiger partial charge on any atom is 0.338 e. The molecule has 164 valence electrons. The van der Waals surface area contributed by atoms with Crippen molar-refractivity contribution >= 4 is 34.1 Å². The fourth-order valence-electron chi connectivity index (χ4n) is 3.98. The first kappa shape index (κ1) is 21.8. The molecule has 2 aromatic carbocycles. The van der Waals surface area contributed by atoms with Crippen molar-refractivity contribution in [2.24, 2.45) is 5.73 Å². The van der Waals surface area contributed by atoms with E-state index in [0.717, 1.165) is 47.3 Å². The molecule has 0 bridgehead atoms. The number of anilines is 1. The summed E-state index contributed by atoms with van der Waals surface area (Å²) >= 11 is 1.38. The number of esters is 1. The second-order valence-electron chi connectivity index (χ2n) is 7.72. The van der Waals surface area contributed by atoms with Crippen LogP contribution >= 0.6 is 11.3 Å². The smallest absolute Gasteiger partial charge is 0.338 e. The van der Waals surface area contributed by atoms with Crippen LogP contribution in [0.15, 0.2) is 54.6 Å². The Kier molecular flexibility index (Phi) is 6.66. The first-order valence-corrected chi connectivity index (χ1v) is 11.4. The zero-order chi connectivity index (χ0) is 22.5. The van der Waals surface area contributed by atoms with Crippen LogP contribution in [-0.4, -0.2) is 24.4 Å². The molecule has 4 rings (SSSR count). The number of primary amides is 1. The highest BCUT2D eigenvalue weighted by atomic mass is 32.1. The van der Waals surface area contributed by atoms with E-state index in [1.54, 1.807) is 12.1 Å². The molecule has 6 nitrogen and oxygen atoms in total. The lowest BCUT2D eigenvalue weighted by Crippen LogP contribution is -2.23. The number of carbonyl (C=O) groups is 3. The summed E-state index contributed by atoms with van der Waals surface area (Å²) < 4.78 is 5.28. The summed E-state index contributed by atoms with van der Waals surface area (Å²) in [5.74, 6) is -1.61. The molecular weight excluding hydrogens is 424 g/mol. The number of hydrogen-bond donors (Lipinski definition) is 2. The van der Waals surface area contributed by atoms with Gasteiger partial charge in [-0.1, -0.05) is 48.5 Å². The van der Waals surface area contributed by atoms with Crippen LogP contribution in [0.5, 0.6) is 0 Å². The van der Waals surface area contributed by atoms with Gasteiger partial charge in [-0.05, 0) is 54.9 Å². The van der Waals surface area contributed by atoms with E-state index in [4.69, 9.17) is 10.5 Å². The molecule has 0 fully saturated rings. The highest BCUT2D eigenvalue weighted by Gasteiger charge is 2.25. The molecular formula is C25H24N2O4S. The minimum atomic E-state index is -0.563. The van der Waals surface area contributed by atoms with Gasteiger partial charge in [-0.3, -0.25) is 9.59 Å². The quantitative estimate of drug-likeness (QED) is 0.532. The van der Waals surface area contributed by atoms with E-state index in [1.807, 2.05) is 42.5 Å². The zero-order valence-corrected chi connectivity index (χ0v) is 18.4. The number of rotatable bonds is 7. The number of carbonyl (C=O) groups excluding carboxylic acids is 3. The van der Waals surface area contributed by atoms with Crippen LogP contribution in [-0.2, 0) is 28.8 Å². The Balaban J connectivity index is 1.42. The first-order valence-electron chi connectivity index (χ1n) is 10.6. The molecule has 0 unspecified atom stereocenters. The largest absolute Gasteiger partial charge is 0.452 e. The number of nitrogens with one attached hydrogen (secondary N) is 1. The maximum atomic E-state index is 12.7. The van der Waals surface area contributed by atoms with Crippen LogP contribution in [0, 0.1) is 0 Å². The molecule has 0 atom stereocenters. The van der Waals surface area contributed by atoms with Gasteiger partial charge in [-0.15, -0.1) is 11.3 Å². The van der Waals surface area contributed by atoms with E-state index in [-0.39, 0.29) is 0 Å². The van der Waals surface area contributed by atoms with Crippen LogP contribution < -0.4 is 11.1 Å². The third-order valence-corrected chi connectivity index (χ3v) is 6.69. The average Bonchev–Trinajstić information content (AvgIpc) is 3.16. The number of ether oxygens (including phenoxy) is 1. The number of aryl methyl sites for hydroxylation is 1. The van der Waals surface area contributed by atoms with Gasteiger partial charge in [0.25, 0.3) is 11.8 Å². The van der Waals surface area contributed by atoms with Gasteiger partial charge in [-0.25, -0.2) is 4.79 Å². The third kappa shape index (κ3) is 4.89. The number of thiophene rings is 1. The summed E-state index contributed by atoms with van der Waals surface area (Å²) in [5.41, 5.74) is 9.22. The van der Waals surface area contributed by atoms with E-state index >= 15 is 0 Å². The van der Waals surface area contributed by atoms with Gasteiger partial charge >= 0.3 is 5.97 Å². The normalized spacial score (nSPS) is 12.6. The SMILES string of the molecule is NC(=O)c1c(NC(=O)COC(=O)c2ccccc2Cc2ccccc2)sc2c1CCCC2. The van der Waals surface area contributed by atoms with Crippen LogP contribution in [0.1, 0.15) is 55.1 Å². The number of hydrogen-bond acceptors (Lipinski definition) is 5. The molecule has 1 heterocycles. The summed E-state index contributed by atoms with van der Waals surface area (Å²) in [6, 6.07) is 17.0. The molecule has 1 aromatic heterocycles. The predicted octanol–water partition coefficient (Wildman–Crippen LogP) is 4.11. The standard InChI is InChI=1S/C25H24N2O4S/c26-23(29)22-19-12-6-7-13-20(19)32-24(22)27-21(28)15-31-25(30)18-11-5-4-10-17(18)14-16-8-2-1-3-9-16/h1-5,8-11H,6-7,12-15H2,(H2,26,29)(H,27,28). The third-order valence-electron chi connectivity index (χ3n) is 5.48. The van der Waals surface area contributed by atoms with E-state index in [2.05, 4.69) is 5.32 Å². The Morgan fingerprint density at radius 2 is 1.69 bits per heavy atom. The molecule has 32 heavy (non-hydrogen) atoms. The molecule has 0 saturated carbocycles. The lowest BCUT2D eigenvalue weighted by Gasteiger charge is -2.11. The number of benzene rings is 2. The highest BCUT2D eigenvalue weighted by Crippen LogP contribution is 2.37. The Morgan fingerprint density at radius 3 is 2.47 bits per heavy atom. The van der Waals surface area contributed by atoms with Crippen molar-refractivity contribution in [2.75, 3.05) is 11.9 Å². The molecule has 2 amide bonds. The summed E-state index contributed by atoms with van der Waals surface area (Å²) in [4.78, 5) is 38.2. The van der Waals surface area contributed by atoms with Crippen LogP contribution in [0.4, 0.5) is 5.00 Å². The number of nitrogens with two attached hydrogens (primary N) is 1. The van der Waals surface area contributed by atoms with Gasteiger partial charge in [0.15, 0.2) is 6.61 Å². The van der Waals surface area contributed by atoms with Crippen LogP contribution in [0.2, 0.25) is 0 Å². The van der Waals surface area contributed by atoms with Crippen LogP contribution in [0.3, 0.4) is 0 Å². The van der Waals surface area contributed by atoms with Crippen molar-refractivity contribution in [2.45, 2.75) is 32.1 Å². The second-order valence-corrected chi connectivity index (χ2v) is 8.83. The minimum absolute atomic E-state index is 0.387. The maximum absolute atomic E-state index is 12.7. The fourth-order valence-corrected chi connectivity index (χ4v) is 5.29. The van der Waals surface area contributed by atoms with Crippen molar-refractivity contribution in [1.29, 1.82) is 0 Å². The predicted molar refractivity (Wildman–Crippen MR) is 124 cm³/mol. The van der Waals surface area contributed by atoms with Gasteiger partial charge < -0.3 is 15.8 Å². The fraction of sp³-hybridized carbons (Fsp3) is 0.240. The molecule has 0 saturated heterocycles. The zero-order valence-electron chi connectivity index (χ0n) is 17.6. The van der Waals surface area contributed by atoms with Crippen molar-refractivity contribution in [3.63, 3.8) is 0 Å². The minimum Gasteiger partial charge on any atom is -0.452 e. The van der Waals surface area contributed by atoms with Crippen LogP contribution in [0.25, 0.3) is 0 Å². The lowest BCUT2D eigenvalue weighted by molar-refractivity contribution is -0.119. The summed E-state index contributed by atoms with van der Waals surface area (Å²) in [7, 11) is 0. The summed E-state index contributed by atoms with van der Waals surface area (Å²) in [6.45, 7) is -0.445. The molecule has 7 heteroatoms. The molecule has 0 spiro atoms. The van der Waals surface area contributed by atoms with Crippen molar-refractivity contribution in [1.82, 2.24) is 0 Å². The topological polar surface area (TPSA) is 98.5 Å². The second kappa shape index (κ2) is 9.78. The Hall–Kier alpha value is -3.45. The monoisotopic (exact) mass is 448 g/mol. The Labute approximate surface area is 190 Å². The van der Waals surface area contributed by atoms with Gasteiger partial charge in [0.1, 0.15) is 5.00 Å². The van der Waals surface area contributed by atoms with Crippen molar-refractivity contribution < 1.29 is 19.1 Å². The molecule has 1 aliphatic carbocycles. The molecule has 0 radical (unpaired) electrons. The van der Waals surface area contributed by atoms with Gasteiger partial charge in [-0.2, -0.15) is 0 Å². The van der Waals surface area contributed by atoms with Crippen molar-refractivity contribution in [3.8, 4) is 0 Å². The molecule has 1 aliphatic rings.